The van der Waals surface area contributed by atoms with Crippen molar-refractivity contribution in [1.82, 2.24) is 0 Å². The van der Waals surface area contributed by atoms with E-state index in [9.17, 15) is 4.79 Å². The number of aldehydes is 1. The fourth-order valence-corrected chi connectivity index (χ4v) is 2.32. The maximum absolute atomic E-state index is 11.0. The Morgan fingerprint density at radius 1 is 1.29 bits per heavy atom. The first-order chi connectivity index (χ1) is 8.15. The molecule has 1 aromatic rings. The number of rotatable bonds is 3. The van der Waals surface area contributed by atoms with Crippen LogP contribution in [0.15, 0.2) is 48.6 Å². The predicted octanol–water partition coefficient (Wildman–Crippen LogP) is 3.81. The third-order valence-electron chi connectivity index (χ3n) is 3.78. The number of allylic oxidation sites excluding steroid dienone is 4. The smallest absolute Gasteiger partial charge is 0.150 e. The van der Waals surface area contributed by atoms with E-state index in [2.05, 4.69) is 38.2 Å². The van der Waals surface area contributed by atoms with E-state index >= 15 is 0 Å². The number of carbonyl (C=O) groups excluding carboxylic acids is 1. The van der Waals surface area contributed by atoms with Crippen molar-refractivity contribution in [1.29, 1.82) is 0 Å². The summed E-state index contributed by atoms with van der Waals surface area (Å²) in [5, 5.41) is 0. The molecule has 0 heterocycles. The molecule has 0 saturated heterocycles. The molecule has 0 saturated carbocycles. The molecule has 0 aromatic heterocycles. The topological polar surface area (TPSA) is 17.1 Å². The molecule has 0 amide bonds. The first-order valence-electron chi connectivity index (χ1n) is 6.05. The van der Waals surface area contributed by atoms with Crippen LogP contribution in [0, 0.1) is 11.3 Å². The highest BCUT2D eigenvalue weighted by Gasteiger charge is 2.28. The van der Waals surface area contributed by atoms with Gasteiger partial charge in [0.2, 0.25) is 0 Å². The Hall–Kier alpha value is -1.63. The Morgan fingerprint density at radius 2 is 2.06 bits per heavy atom. The second-order valence-corrected chi connectivity index (χ2v) is 5.03. The number of benzene rings is 1. The Kier molecular flexibility index (Phi) is 3.28. The second kappa shape index (κ2) is 4.70. The van der Waals surface area contributed by atoms with Crippen LogP contribution < -0.4 is 0 Å². The lowest BCUT2D eigenvalue weighted by atomic mass is 9.71. The van der Waals surface area contributed by atoms with E-state index in [-0.39, 0.29) is 5.41 Å². The molecule has 2 rings (SSSR count). The molecule has 1 aliphatic rings. The molecule has 1 heteroatoms. The maximum Gasteiger partial charge on any atom is 0.150 e. The summed E-state index contributed by atoms with van der Waals surface area (Å²) in [6.45, 7) is 4.47. The summed E-state index contributed by atoms with van der Waals surface area (Å²) in [6, 6.07) is 7.85. The zero-order chi connectivity index (χ0) is 12.3. The van der Waals surface area contributed by atoms with Gasteiger partial charge in [0, 0.05) is 5.56 Å². The molecule has 0 bridgehead atoms. The first-order valence-corrected chi connectivity index (χ1v) is 6.05. The lowest BCUT2D eigenvalue weighted by Gasteiger charge is -2.33. The van der Waals surface area contributed by atoms with Crippen LogP contribution in [0.4, 0.5) is 0 Å². The predicted molar refractivity (Wildman–Crippen MR) is 71.1 cm³/mol. The number of carbonyl (C=O) groups is 1. The number of hydrogen-bond donors (Lipinski definition) is 0. The molecule has 2 atom stereocenters. The molecular weight excluding hydrogens is 208 g/mol. The minimum absolute atomic E-state index is 0.105. The Bertz CT molecular complexity index is 470. The summed E-state index contributed by atoms with van der Waals surface area (Å²) in [6.07, 6.45) is 10.5. The van der Waals surface area contributed by atoms with Crippen LogP contribution in [0.3, 0.4) is 0 Å². The van der Waals surface area contributed by atoms with Crippen LogP contribution in [-0.2, 0) is 6.42 Å². The third kappa shape index (κ3) is 2.38. The van der Waals surface area contributed by atoms with Gasteiger partial charge in [0.25, 0.3) is 0 Å². The SMILES string of the molecule is CC1C=CC=CC1(C)Cc1ccccc1C=O. The van der Waals surface area contributed by atoms with Crippen molar-refractivity contribution in [3.63, 3.8) is 0 Å². The average molecular weight is 226 g/mol. The molecule has 0 radical (unpaired) electrons. The van der Waals surface area contributed by atoms with E-state index in [1.165, 1.54) is 0 Å². The highest BCUT2D eigenvalue weighted by molar-refractivity contribution is 5.77. The van der Waals surface area contributed by atoms with Crippen molar-refractivity contribution in [2.75, 3.05) is 0 Å². The van der Waals surface area contributed by atoms with Gasteiger partial charge in [0.15, 0.2) is 0 Å². The largest absolute Gasteiger partial charge is 0.298 e. The van der Waals surface area contributed by atoms with E-state index in [1.54, 1.807) is 0 Å². The van der Waals surface area contributed by atoms with Gasteiger partial charge in [0.1, 0.15) is 6.29 Å². The van der Waals surface area contributed by atoms with Gasteiger partial charge < -0.3 is 0 Å². The fraction of sp³-hybridized carbons (Fsp3) is 0.312. The van der Waals surface area contributed by atoms with Crippen molar-refractivity contribution >= 4 is 6.29 Å². The molecule has 0 fully saturated rings. The lowest BCUT2D eigenvalue weighted by Crippen LogP contribution is -2.26. The van der Waals surface area contributed by atoms with Crippen LogP contribution >= 0.6 is 0 Å². The van der Waals surface area contributed by atoms with Gasteiger partial charge in [-0.3, -0.25) is 4.79 Å². The van der Waals surface area contributed by atoms with Gasteiger partial charge in [-0.2, -0.15) is 0 Å². The maximum atomic E-state index is 11.0. The Balaban J connectivity index is 2.29. The van der Waals surface area contributed by atoms with Crippen LogP contribution in [0.5, 0.6) is 0 Å². The van der Waals surface area contributed by atoms with Crippen LogP contribution in [0.1, 0.15) is 29.8 Å². The normalized spacial score (nSPS) is 27.1. The molecule has 1 aliphatic carbocycles. The van der Waals surface area contributed by atoms with E-state index in [4.69, 9.17) is 0 Å². The summed E-state index contributed by atoms with van der Waals surface area (Å²) < 4.78 is 0. The van der Waals surface area contributed by atoms with Crippen LogP contribution in [0.25, 0.3) is 0 Å². The standard InChI is InChI=1S/C16H18O/c1-13-7-5-6-10-16(13,2)11-14-8-3-4-9-15(14)12-17/h3-10,12-13H,11H2,1-2H3. The van der Waals surface area contributed by atoms with Crippen molar-refractivity contribution in [2.24, 2.45) is 11.3 Å². The summed E-state index contributed by atoms with van der Waals surface area (Å²) in [5.41, 5.74) is 2.05. The molecular formula is C16H18O. The van der Waals surface area contributed by atoms with E-state index < -0.39 is 0 Å². The summed E-state index contributed by atoms with van der Waals surface area (Å²) in [4.78, 5) is 11.0. The summed E-state index contributed by atoms with van der Waals surface area (Å²) in [7, 11) is 0. The van der Waals surface area contributed by atoms with E-state index in [0.29, 0.717) is 5.92 Å². The average Bonchev–Trinajstić information content (AvgIpc) is 2.34. The highest BCUT2D eigenvalue weighted by atomic mass is 16.1. The third-order valence-corrected chi connectivity index (χ3v) is 3.78. The molecule has 88 valence electrons. The highest BCUT2D eigenvalue weighted by Crippen LogP contribution is 2.36. The minimum atomic E-state index is 0.105. The molecule has 1 nitrogen and oxygen atoms in total. The second-order valence-electron chi connectivity index (χ2n) is 5.03. The zero-order valence-corrected chi connectivity index (χ0v) is 10.4. The number of hydrogen-bond acceptors (Lipinski definition) is 1. The van der Waals surface area contributed by atoms with E-state index in [0.717, 1.165) is 23.8 Å². The van der Waals surface area contributed by atoms with Crippen molar-refractivity contribution in [3.05, 3.63) is 59.7 Å². The van der Waals surface area contributed by atoms with Crippen LogP contribution in [-0.4, -0.2) is 6.29 Å². The molecule has 0 aliphatic heterocycles. The molecule has 17 heavy (non-hydrogen) atoms. The molecule has 1 aromatic carbocycles. The van der Waals surface area contributed by atoms with Gasteiger partial charge in [-0.25, -0.2) is 0 Å². The fourth-order valence-electron chi connectivity index (χ4n) is 2.32. The molecule has 2 unspecified atom stereocenters. The molecule has 0 spiro atoms. The zero-order valence-electron chi connectivity index (χ0n) is 10.4. The van der Waals surface area contributed by atoms with Crippen molar-refractivity contribution < 1.29 is 4.79 Å². The van der Waals surface area contributed by atoms with Gasteiger partial charge in [-0.1, -0.05) is 62.4 Å². The van der Waals surface area contributed by atoms with Gasteiger partial charge >= 0.3 is 0 Å². The first kappa shape index (κ1) is 11.8. The quantitative estimate of drug-likeness (QED) is 0.716. The van der Waals surface area contributed by atoms with Crippen molar-refractivity contribution in [2.45, 2.75) is 20.3 Å². The monoisotopic (exact) mass is 226 g/mol. The Labute approximate surface area is 103 Å². The van der Waals surface area contributed by atoms with E-state index in [1.807, 2.05) is 24.3 Å². The Morgan fingerprint density at radius 3 is 2.76 bits per heavy atom. The van der Waals surface area contributed by atoms with Gasteiger partial charge in [-0.15, -0.1) is 0 Å². The summed E-state index contributed by atoms with van der Waals surface area (Å²) >= 11 is 0. The van der Waals surface area contributed by atoms with Crippen molar-refractivity contribution in [3.8, 4) is 0 Å². The lowest BCUT2D eigenvalue weighted by molar-refractivity contribution is 0.112. The van der Waals surface area contributed by atoms with Gasteiger partial charge in [-0.05, 0) is 23.3 Å². The summed E-state index contributed by atoms with van der Waals surface area (Å²) in [5.74, 6) is 0.493. The van der Waals surface area contributed by atoms with Gasteiger partial charge in [0.05, 0.1) is 0 Å². The molecule has 0 N–H and O–H groups in total. The van der Waals surface area contributed by atoms with Crippen LogP contribution in [0.2, 0.25) is 0 Å². The minimum Gasteiger partial charge on any atom is -0.298 e.